The number of rotatable bonds is 4. The molecule has 69 valence electrons. The summed E-state index contributed by atoms with van der Waals surface area (Å²) in [5.41, 5.74) is 2.50. The molecule has 1 heterocycles. The normalized spacial score (nSPS) is 12.5. The molecule has 1 aromatic rings. The summed E-state index contributed by atoms with van der Waals surface area (Å²) in [6.07, 6.45) is 4.33. The van der Waals surface area contributed by atoms with Crippen LogP contribution in [-0.2, 0) is 0 Å². The number of hydrogen-bond acceptors (Lipinski definition) is 1. The molecule has 1 nitrogen and oxygen atoms in total. The number of pyridine rings is 1. The van der Waals surface area contributed by atoms with Crippen LogP contribution in [0.5, 0.6) is 0 Å². The van der Waals surface area contributed by atoms with Crippen molar-refractivity contribution < 1.29 is 0 Å². The van der Waals surface area contributed by atoms with E-state index in [0.717, 1.165) is 5.59 Å². The van der Waals surface area contributed by atoms with Gasteiger partial charge in [0.2, 0.25) is 0 Å². The highest BCUT2D eigenvalue weighted by Gasteiger charge is 2.09. The summed E-state index contributed by atoms with van der Waals surface area (Å²) in [6.45, 7) is 4.49. The van der Waals surface area contributed by atoms with Crippen LogP contribution in [0.1, 0.15) is 38.2 Å². The summed E-state index contributed by atoms with van der Waals surface area (Å²) in [5.74, 6) is 0.625. The summed E-state index contributed by atoms with van der Waals surface area (Å²) in [7, 11) is 0. The number of aromatic nitrogens is 1. The van der Waals surface area contributed by atoms with Crippen molar-refractivity contribution in [2.75, 3.05) is 0 Å². The largest absolute Gasteiger partial charge is 0.271 e. The van der Waals surface area contributed by atoms with E-state index >= 15 is 0 Å². The maximum atomic E-state index is 4.34. The Morgan fingerprint density at radius 2 is 2.38 bits per heavy atom. The first kappa shape index (κ1) is 11.0. The molecular weight excluding hydrogens is 272 g/mol. The zero-order valence-electron chi connectivity index (χ0n) is 8.13. The van der Waals surface area contributed by atoms with E-state index in [1.165, 1.54) is 18.4 Å². The minimum atomic E-state index is 0.625. The fourth-order valence-electron chi connectivity index (χ4n) is 1.53. The monoisotopic (exact) mass is 286 g/mol. The molecule has 1 radical (unpaired) electrons. The van der Waals surface area contributed by atoms with E-state index in [4.69, 9.17) is 0 Å². The van der Waals surface area contributed by atoms with Gasteiger partial charge in [-0.3, -0.25) is 4.98 Å². The summed E-state index contributed by atoms with van der Waals surface area (Å²) < 4.78 is 0. The van der Waals surface area contributed by atoms with Gasteiger partial charge >= 0.3 is 0 Å². The first-order chi connectivity index (χ1) is 6.29. The molecule has 0 N–H and O–H groups in total. The zero-order valence-corrected chi connectivity index (χ0v) is 10.3. The van der Waals surface area contributed by atoms with Crippen molar-refractivity contribution in [3.05, 3.63) is 23.9 Å². The average molecular weight is 286 g/mol. The molecule has 0 amide bonds. The third kappa shape index (κ3) is 2.97. The van der Waals surface area contributed by atoms with Gasteiger partial charge in [0.05, 0.1) is 0 Å². The molecule has 0 aliphatic carbocycles. The van der Waals surface area contributed by atoms with Crippen LogP contribution in [0.15, 0.2) is 18.3 Å². The standard InChI is InChI=1S/C10H14BIN/c1-3-5-8(2)9-6-4-7-13-10(9)11-12/h4,6-8H,3,5H2,1-2H3. The van der Waals surface area contributed by atoms with Crippen molar-refractivity contribution in [3.8, 4) is 0 Å². The lowest BCUT2D eigenvalue weighted by Gasteiger charge is -2.13. The van der Waals surface area contributed by atoms with Gasteiger partial charge in [0.15, 0.2) is 0 Å². The molecular formula is C10H14BIN. The predicted octanol–water partition coefficient (Wildman–Crippen LogP) is 2.66. The topological polar surface area (TPSA) is 12.9 Å². The summed E-state index contributed by atoms with van der Waals surface area (Å²) in [4.78, 5) is 4.34. The van der Waals surface area contributed by atoms with Gasteiger partial charge in [0.25, 0.3) is 5.14 Å². The number of halogens is 1. The first-order valence-electron chi connectivity index (χ1n) is 4.68. The zero-order chi connectivity index (χ0) is 9.68. The molecule has 1 rings (SSSR count). The van der Waals surface area contributed by atoms with E-state index in [1.54, 1.807) is 0 Å². The van der Waals surface area contributed by atoms with Crippen molar-refractivity contribution >= 4 is 33.1 Å². The van der Waals surface area contributed by atoms with Crippen LogP contribution in [0.25, 0.3) is 0 Å². The van der Waals surface area contributed by atoms with Crippen LogP contribution >= 0.6 is 22.4 Å². The van der Waals surface area contributed by atoms with E-state index in [9.17, 15) is 0 Å². The van der Waals surface area contributed by atoms with E-state index in [1.807, 2.05) is 12.3 Å². The molecule has 0 aliphatic rings. The van der Waals surface area contributed by atoms with Crippen LogP contribution in [-0.4, -0.2) is 10.1 Å². The fourth-order valence-corrected chi connectivity index (χ4v) is 2.05. The Balaban J connectivity index is 2.85. The Hall–Kier alpha value is -0.0551. The van der Waals surface area contributed by atoms with Gasteiger partial charge in [0, 0.05) is 11.8 Å². The Morgan fingerprint density at radius 1 is 1.62 bits per heavy atom. The van der Waals surface area contributed by atoms with Crippen molar-refractivity contribution in [1.82, 2.24) is 4.98 Å². The van der Waals surface area contributed by atoms with Crippen LogP contribution < -0.4 is 5.59 Å². The van der Waals surface area contributed by atoms with E-state index in [-0.39, 0.29) is 0 Å². The van der Waals surface area contributed by atoms with Gasteiger partial charge in [0.1, 0.15) is 0 Å². The molecule has 1 atom stereocenters. The lowest BCUT2D eigenvalue weighted by molar-refractivity contribution is 0.666. The molecule has 0 aliphatic heterocycles. The SMILES string of the molecule is CCCC(C)c1cccnc1[B]I. The van der Waals surface area contributed by atoms with Gasteiger partial charge in [-0.1, -0.05) is 26.3 Å². The van der Waals surface area contributed by atoms with Gasteiger partial charge < -0.3 is 0 Å². The smallest absolute Gasteiger partial charge is 0.263 e. The van der Waals surface area contributed by atoms with Gasteiger partial charge in [-0.25, -0.2) is 0 Å². The predicted molar refractivity (Wildman–Crippen MR) is 67.0 cm³/mol. The molecule has 1 aromatic heterocycles. The second kappa shape index (κ2) is 5.63. The van der Waals surface area contributed by atoms with E-state index in [0.29, 0.717) is 5.92 Å². The van der Waals surface area contributed by atoms with Gasteiger partial charge in [-0.05, 0) is 24.0 Å². The van der Waals surface area contributed by atoms with Gasteiger partial charge in [-0.2, -0.15) is 0 Å². The Morgan fingerprint density at radius 3 is 3.00 bits per heavy atom. The maximum Gasteiger partial charge on any atom is 0.263 e. The molecule has 13 heavy (non-hydrogen) atoms. The van der Waals surface area contributed by atoms with Crippen molar-refractivity contribution in [3.63, 3.8) is 0 Å². The highest BCUT2D eigenvalue weighted by atomic mass is 127. The van der Waals surface area contributed by atoms with Gasteiger partial charge in [-0.15, -0.1) is 22.4 Å². The van der Waals surface area contributed by atoms with E-state index < -0.39 is 0 Å². The highest BCUT2D eigenvalue weighted by molar-refractivity contribution is 14.1. The Kier molecular flexibility index (Phi) is 4.77. The number of nitrogens with zero attached hydrogens (tertiary/aromatic N) is 1. The maximum absolute atomic E-state index is 4.34. The van der Waals surface area contributed by atoms with Crippen molar-refractivity contribution in [2.24, 2.45) is 0 Å². The third-order valence-electron chi connectivity index (χ3n) is 2.23. The highest BCUT2D eigenvalue weighted by Crippen LogP contribution is 2.17. The molecule has 0 saturated carbocycles. The Bertz CT molecular complexity index is 265. The lowest BCUT2D eigenvalue weighted by atomic mass is 9.87. The summed E-state index contributed by atoms with van der Waals surface area (Å²) in [5, 5.41) is 2.05. The minimum absolute atomic E-state index is 0.625. The summed E-state index contributed by atoms with van der Waals surface area (Å²) in [6, 6.07) is 4.20. The molecule has 0 spiro atoms. The number of hydrogen-bond donors (Lipinski definition) is 0. The third-order valence-corrected chi connectivity index (χ3v) is 2.82. The minimum Gasteiger partial charge on any atom is -0.271 e. The fraction of sp³-hybridized carbons (Fsp3) is 0.500. The average Bonchev–Trinajstić information content (AvgIpc) is 2.18. The first-order valence-corrected chi connectivity index (χ1v) is 5.92. The van der Waals surface area contributed by atoms with E-state index in [2.05, 4.69) is 52.4 Å². The molecule has 0 bridgehead atoms. The quantitative estimate of drug-likeness (QED) is 0.612. The second-order valence-electron chi connectivity index (χ2n) is 3.28. The van der Waals surface area contributed by atoms with Crippen LogP contribution in [0.4, 0.5) is 0 Å². The van der Waals surface area contributed by atoms with Crippen molar-refractivity contribution in [1.29, 1.82) is 0 Å². The second-order valence-corrected chi connectivity index (χ2v) is 3.90. The van der Waals surface area contributed by atoms with Crippen LogP contribution in [0, 0.1) is 0 Å². The molecule has 0 saturated heterocycles. The lowest BCUT2D eigenvalue weighted by Crippen LogP contribution is -2.20. The molecule has 1 unspecified atom stereocenters. The van der Waals surface area contributed by atoms with Crippen LogP contribution in [0.2, 0.25) is 0 Å². The molecule has 3 heteroatoms. The summed E-state index contributed by atoms with van der Waals surface area (Å²) >= 11 is 2.25. The van der Waals surface area contributed by atoms with Crippen LogP contribution in [0.3, 0.4) is 0 Å². The Labute approximate surface area is 94.5 Å². The van der Waals surface area contributed by atoms with Crippen molar-refractivity contribution in [2.45, 2.75) is 32.6 Å². The molecule has 0 fully saturated rings. The molecule has 0 aromatic carbocycles.